The van der Waals surface area contributed by atoms with E-state index < -0.39 is 217 Å². The summed E-state index contributed by atoms with van der Waals surface area (Å²) in [5.41, 5.74) is 34.1. The van der Waals surface area contributed by atoms with Crippen LogP contribution in [0.15, 0.2) is 29.3 Å². The number of benzene rings is 1. The summed E-state index contributed by atoms with van der Waals surface area (Å²) in [6.07, 6.45) is -3.61. The van der Waals surface area contributed by atoms with Gasteiger partial charge in [-0.25, -0.2) is 4.79 Å². The first kappa shape index (κ1) is 99.2. The number of hydrogen-bond donors (Lipinski definition) is 23. The number of carbonyl (C=O) groups excluding carboxylic acids is 13. The average Bonchev–Trinajstić information content (AvgIpc) is 0.850. The van der Waals surface area contributed by atoms with Gasteiger partial charge in [0.25, 0.3) is 0 Å². The lowest BCUT2D eigenvalue weighted by atomic mass is 9.98. The minimum Gasteiger partial charge on any atom is -0.508 e. The molecule has 0 aliphatic carbocycles. The van der Waals surface area contributed by atoms with Gasteiger partial charge in [-0.3, -0.25) is 81.7 Å². The zero-order chi connectivity index (χ0) is 85.2. The molecule has 1 aromatic carbocycles. The molecule has 0 aliphatic heterocycles. The largest absolute Gasteiger partial charge is 0.508 e. The lowest BCUT2D eigenvalue weighted by molar-refractivity contribution is -0.147. The lowest BCUT2D eigenvalue weighted by Gasteiger charge is -2.29. The summed E-state index contributed by atoms with van der Waals surface area (Å²) < 4.78 is 0. The summed E-state index contributed by atoms with van der Waals surface area (Å²) in [7, 11) is 0. The number of primary amides is 1. The summed E-state index contributed by atoms with van der Waals surface area (Å²) in [6.45, 7) is 15.2. The Morgan fingerprint density at radius 2 is 0.679 bits per heavy atom. The molecule has 41 nitrogen and oxygen atoms in total. The molecule has 41 heteroatoms. The number of phenols is 1. The summed E-state index contributed by atoms with van der Waals surface area (Å²) in [5, 5.41) is 77.8. The number of aliphatic imine (C=N–C) groups is 1. The van der Waals surface area contributed by atoms with Crippen molar-refractivity contribution < 1.29 is 107 Å². The number of aliphatic carboxylic acids is 4. The molecule has 1 aromatic rings. The first-order valence-corrected chi connectivity index (χ1v) is 37.2. The fourth-order valence-corrected chi connectivity index (χ4v) is 11.2. The van der Waals surface area contributed by atoms with Gasteiger partial charge in [-0.05, 0) is 138 Å². The van der Waals surface area contributed by atoms with E-state index in [0.29, 0.717) is 31.4 Å². The lowest BCUT2D eigenvalue weighted by Crippen LogP contribution is -2.61. The van der Waals surface area contributed by atoms with Gasteiger partial charge < -0.3 is 124 Å². The summed E-state index contributed by atoms with van der Waals surface area (Å²) in [4.78, 5) is 233. The highest BCUT2D eigenvalue weighted by atomic mass is 16.4. The Morgan fingerprint density at radius 3 is 1.07 bits per heavy atom. The van der Waals surface area contributed by atoms with Crippen LogP contribution in [-0.4, -0.2) is 230 Å². The van der Waals surface area contributed by atoms with E-state index in [4.69, 9.17) is 34.4 Å². The maximum absolute atomic E-state index is 14.9. The molecular formula is C71H119N19O22. The van der Waals surface area contributed by atoms with E-state index >= 15 is 0 Å². The molecular weight excluding hydrogens is 1470 g/mol. The van der Waals surface area contributed by atoms with Crippen molar-refractivity contribution in [2.75, 3.05) is 19.6 Å². The average molecular weight is 1590 g/mol. The van der Waals surface area contributed by atoms with Gasteiger partial charge in [0.2, 0.25) is 76.8 Å². The maximum atomic E-state index is 14.9. The molecule has 0 saturated heterocycles. The van der Waals surface area contributed by atoms with Crippen LogP contribution in [0.2, 0.25) is 0 Å². The van der Waals surface area contributed by atoms with E-state index in [-0.39, 0.29) is 107 Å². The molecule has 13 atom stereocenters. The standard InChI is InChI=1S/C71H119N19O22/c1-35(2)27-46(83-58(99)39(9)79-63(104)51(32-54(75)92)88-62(103)45(22-23-55(93)94)80-59(100)42(74)15-10-12-24-72)65(106)84-47(28-36(3)4)64(105)82-44(17-14-26-78-71(76)77)60(101)87-50(31-40-18-20-41(91)21-19-40)68(109)86-48(29-37(5)6)66(107)85-49(30-38(7)8)67(108)89-52(33-56(95)96)69(110)81-43(16-11-13-25-73)61(102)90-53(70(111)112)34-57(97)98/h18-21,35-39,42-53,91H,10-17,22-34,72-74H2,1-9H3,(H2,75,92)(H,79,104)(H,80,100)(H,81,110)(H,82,105)(H,83,99)(H,84,106)(H,85,107)(H,86,109)(H,87,101)(H,88,103)(H,89,108)(H,90,102)(H,93,94)(H,95,96)(H,97,98)(H,111,112)(H4,76,77,78)/t39-,42-,43-,44-,45-,46-,47-,48-,49-,50-,51-,52-,53-/m0/s1. The van der Waals surface area contributed by atoms with Gasteiger partial charge in [-0.1, -0.05) is 73.9 Å². The third kappa shape index (κ3) is 40.7. The van der Waals surface area contributed by atoms with E-state index in [1.54, 1.807) is 55.4 Å². The Morgan fingerprint density at radius 1 is 0.357 bits per heavy atom. The van der Waals surface area contributed by atoms with Gasteiger partial charge in [-0.2, -0.15) is 0 Å². The van der Waals surface area contributed by atoms with Crippen molar-refractivity contribution in [1.82, 2.24) is 63.8 Å². The molecule has 0 heterocycles. The Bertz CT molecular complexity index is 3370. The van der Waals surface area contributed by atoms with Crippen LogP contribution in [0.1, 0.15) is 177 Å². The summed E-state index contributed by atoms with van der Waals surface area (Å²) in [5.74, 6) is -21.6. The van der Waals surface area contributed by atoms with Crippen LogP contribution < -0.4 is 98.2 Å². The highest BCUT2D eigenvalue weighted by Crippen LogP contribution is 2.17. The van der Waals surface area contributed by atoms with Gasteiger partial charge in [-0.15, -0.1) is 0 Å². The molecule has 13 amide bonds. The van der Waals surface area contributed by atoms with E-state index in [1.165, 1.54) is 31.2 Å². The molecule has 0 aliphatic rings. The molecule has 112 heavy (non-hydrogen) atoms. The topological polar surface area (TPSA) is 704 Å². The number of unbranched alkanes of at least 4 members (excludes halogenated alkanes) is 2. The highest BCUT2D eigenvalue weighted by molar-refractivity contribution is 6.01. The Labute approximate surface area is 649 Å². The second-order valence-corrected chi connectivity index (χ2v) is 29.1. The van der Waals surface area contributed by atoms with Gasteiger partial charge in [0.1, 0.15) is 78.3 Å². The fourth-order valence-electron chi connectivity index (χ4n) is 11.2. The molecule has 1 rings (SSSR count). The van der Waals surface area contributed by atoms with Crippen LogP contribution in [0.25, 0.3) is 0 Å². The fraction of sp³-hybridized carbons (Fsp3) is 0.662. The SMILES string of the molecule is CC(C)C[C@H](NC(=O)[C@H](C)NC(=O)[C@H](CC(N)=O)NC(=O)[C@H](CCC(=O)O)NC(=O)[C@@H](N)CCCCN)C(=O)N[C@@H](CC(C)C)C(=O)N[C@@H](CCCN=C(N)N)C(=O)N[C@@H](Cc1ccc(O)cc1)C(=O)N[C@@H](CC(C)C)C(=O)N[C@@H](CC(C)C)C(=O)N[C@@H](CC(=O)O)C(=O)N[C@@H](CCCCN)C(=O)N[C@@H](CC(=O)O)C(=O)O. The van der Waals surface area contributed by atoms with E-state index in [9.17, 15) is 107 Å². The number of carboxylic acids is 4. The number of rotatable bonds is 56. The molecule has 0 radical (unpaired) electrons. The van der Waals surface area contributed by atoms with Crippen molar-refractivity contribution >= 4 is 107 Å². The predicted molar refractivity (Wildman–Crippen MR) is 405 cm³/mol. The Kier molecular flexibility index (Phi) is 45.7. The molecule has 630 valence electrons. The first-order chi connectivity index (χ1) is 52.4. The Hall–Kier alpha value is -10.8. The zero-order valence-corrected chi connectivity index (χ0v) is 65.1. The number of phenolic OH excluding ortho intramolecular Hbond substituents is 1. The van der Waals surface area contributed by atoms with Crippen LogP contribution in [0.5, 0.6) is 5.75 Å². The van der Waals surface area contributed by atoms with Crippen molar-refractivity contribution in [3.05, 3.63) is 29.8 Å². The molecule has 0 aromatic heterocycles. The van der Waals surface area contributed by atoms with E-state index in [0.717, 1.165) is 0 Å². The second-order valence-electron chi connectivity index (χ2n) is 29.1. The van der Waals surface area contributed by atoms with Crippen molar-refractivity contribution in [1.29, 1.82) is 0 Å². The number of aromatic hydroxyl groups is 1. The maximum Gasteiger partial charge on any atom is 0.326 e. The number of nitrogens with two attached hydrogens (primary N) is 6. The van der Waals surface area contributed by atoms with Gasteiger partial charge in [0.15, 0.2) is 5.96 Å². The van der Waals surface area contributed by atoms with Crippen molar-refractivity contribution in [2.45, 2.75) is 256 Å². The first-order valence-electron chi connectivity index (χ1n) is 37.2. The summed E-state index contributed by atoms with van der Waals surface area (Å²) in [6, 6.07) is -15.2. The zero-order valence-electron chi connectivity index (χ0n) is 65.1. The van der Waals surface area contributed by atoms with Crippen molar-refractivity contribution in [3.8, 4) is 5.75 Å². The Balaban J connectivity index is 3.79. The van der Waals surface area contributed by atoms with E-state index in [2.05, 4.69) is 63.5 Å². The monoisotopic (exact) mass is 1590 g/mol. The van der Waals surface area contributed by atoms with Gasteiger partial charge >= 0.3 is 23.9 Å². The predicted octanol–water partition coefficient (Wildman–Crippen LogP) is -4.63. The number of nitrogens with one attached hydrogen (secondary N) is 12. The third-order valence-corrected chi connectivity index (χ3v) is 16.9. The minimum atomic E-state index is -1.95. The minimum absolute atomic E-state index is 0.0116. The smallest absolute Gasteiger partial charge is 0.326 e. The normalized spacial score (nSPS) is 14.7. The molecule has 0 unspecified atom stereocenters. The van der Waals surface area contributed by atoms with Gasteiger partial charge in [0, 0.05) is 19.4 Å². The quantitative estimate of drug-likeness (QED) is 0.0166. The highest BCUT2D eigenvalue weighted by Gasteiger charge is 2.39. The molecule has 0 bridgehead atoms. The number of amides is 13. The number of guanidine groups is 1. The van der Waals surface area contributed by atoms with Crippen LogP contribution in [0.3, 0.4) is 0 Å². The number of carbonyl (C=O) groups is 17. The second kappa shape index (κ2) is 51.6. The molecule has 0 fully saturated rings. The molecule has 0 saturated carbocycles. The van der Waals surface area contributed by atoms with Gasteiger partial charge in [0.05, 0.1) is 25.3 Å². The van der Waals surface area contributed by atoms with Crippen LogP contribution >= 0.6 is 0 Å². The molecule has 29 N–H and O–H groups in total. The van der Waals surface area contributed by atoms with Crippen LogP contribution in [0.4, 0.5) is 0 Å². The number of hydrogen-bond acceptors (Lipinski definition) is 22. The van der Waals surface area contributed by atoms with Crippen molar-refractivity contribution in [2.24, 2.45) is 63.1 Å². The summed E-state index contributed by atoms with van der Waals surface area (Å²) >= 11 is 0. The molecule has 0 spiro atoms. The van der Waals surface area contributed by atoms with Crippen molar-refractivity contribution in [3.63, 3.8) is 0 Å². The van der Waals surface area contributed by atoms with Crippen LogP contribution in [-0.2, 0) is 87.9 Å². The number of nitrogens with zero attached hydrogens (tertiary/aromatic N) is 1. The van der Waals surface area contributed by atoms with E-state index in [1.807, 2.05) is 5.32 Å². The van der Waals surface area contributed by atoms with Crippen LogP contribution in [0, 0.1) is 23.7 Å². The third-order valence-electron chi connectivity index (χ3n) is 16.9. The number of carboxylic acid groups (broad SMARTS) is 4.